The highest BCUT2D eigenvalue weighted by atomic mass is 35.5. The van der Waals surface area contributed by atoms with Gasteiger partial charge in [0.25, 0.3) is 0 Å². The second kappa shape index (κ2) is 7.36. The quantitative estimate of drug-likeness (QED) is 0.700. The van der Waals surface area contributed by atoms with E-state index in [2.05, 4.69) is 10.1 Å². The summed E-state index contributed by atoms with van der Waals surface area (Å²) in [5, 5.41) is 4.80. The Kier molecular flexibility index (Phi) is 5.00. The van der Waals surface area contributed by atoms with Gasteiger partial charge < -0.3 is 10.5 Å². The third-order valence-electron chi connectivity index (χ3n) is 3.43. The van der Waals surface area contributed by atoms with Crippen LogP contribution in [0.3, 0.4) is 0 Å². The topological polar surface area (TPSA) is 65.4 Å². The van der Waals surface area contributed by atoms with Crippen LogP contribution in [-0.4, -0.2) is 15.9 Å². The minimum absolute atomic E-state index is 0.171. The van der Waals surface area contributed by atoms with Crippen molar-refractivity contribution in [3.8, 4) is 5.75 Å². The largest absolute Gasteiger partial charge is 0.486 e. The molecule has 0 saturated carbocycles. The summed E-state index contributed by atoms with van der Waals surface area (Å²) in [6.45, 7) is 2.07. The standard InChI is InChI=1S/C18H16ClFN4O/c1-12-10-24(18(21)23-12)22-9-14-4-7-17(16(20)8-14)25-11-13-2-5-15(19)6-3-13/h2-10H,11H2,1H3,(H2,21,23). The highest BCUT2D eigenvalue weighted by Crippen LogP contribution is 2.20. The van der Waals surface area contributed by atoms with Crippen molar-refractivity contribution in [3.63, 3.8) is 0 Å². The number of nitrogens with zero attached hydrogens (tertiary/aromatic N) is 3. The molecule has 0 amide bonds. The van der Waals surface area contributed by atoms with Crippen molar-refractivity contribution in [2.45, 2.75) is 13.5 Å². The van der Waals surface area contributed by atoms with Gasteiger partial charge in [-0.2, -0.15) is 5.10 Å². The molecule has 2 aromatic carbocycles. The van der Waals surface area contributed by atoms with E-state index in [1.54, 1.807) is 30.5 Å². The van der Waals surface area contributed by atoms with E-state index in [-0.39, 0.29) is 18.3 Å². The maximum atomic E-state index is 14.2. The number of hydrogen-bond acceptors (Lipinski definition) is 4. The molecular formula is C18H16ClFN4O. The van der Waals surface area contributed by atoms with Crippen LogP contribution in [-0.2, 0) is 6.61 Å². The second-order valence-corrected chi connectivity index (χ2v) is 5.87. The zero-order chi connectivity index (χ0) is 17.8. The van der Waals surface area contributed by atoms with E-state index in [9.17, 15) is 4.39 Å². The molecule has 3 rings (SSSR count). The van der Waals surface area contributed by atoms with E-state index < -0.39 is 5.82 Å². The molecule has 0 unspecified atom stereocenters. The molecule has 2 N–H and O–H groups in total. The fourth-order valence-electron chi connectivity index (χ4n) is 2.18. The number of imidazole rings is 1. The van der Waals surface area contributed by atoms with E-state index in [1.807, 2.05) is 19.1 Å². The molecule has 3 aromatic rings. The number of aryl methyl sites for hydroxylation is 1. The van der Waals surface area contributed by atoms with Gasteiger partial charge >= 0.3 is 0 Å². The van der Waals surface area contributed by atoms with Gasteiger partial charge in [-0.05, 0) is 48.4 Å². The Labute approximate surface area is 149 Å². The van der Waals surface area contributed by atoms with E-state index in [0.29, 0.717) is 10.6 Å². The smallest absolute Gasteiger partial charge is 0.221 e. The maximum Gasteiger partial charge on any atom is 0.221 e. The monoisotopic (exact) mass is 358 g/mol. The van der Waals surface area contributed by atoms with Crippen LogP contribution < -0.4 is 10.5 Å². The molecule has 0 aliphatic rings. The fourth-order valence-corrected chi connectivity index (χ4v) is 2.31. The number of rotatable bonds is 5. The first-order valence-corrected chi connectivity index (χ1v) is 7.91. The van der Waals surface area contributed by atoms with Gasteiger partial charge in [0, 0.05) is 5.02 Å². The predicted molar refractivity (Wildman–Crippen MR) is 96.6 cm³/mol. The van der Waals surface area contributed by atoms with Crippen LogP contribution in [0.2, 0.25) is 5.02 Å². The van der Waals surface area contributed by atoms with Crippen LogP contribution in [0.15, 0.2) is 53.8 Å². The molecule has 0 radical (unpaired) electrons. The lowest BCUT2D eigenvalue weighted by atomic mass is 10.2. The number of nitrogen functional groups attached to an aromatic ring is 1. The first-order valence-electron chi connectivity index (χ1n) is 7.54. The Morgan fingerprint density at radius 1 is 1.28 bits per heavy atom. The zero-order valence-corrected chi connectivity index (χ0v) is 14.2. The predicted octanol–water partition coefficient (Wildman–Crippen LogP) is 4.03. The summed E-state index contributed by atoms with van der Waals surface area (Å²) in [6.07, 6.45) is 3.19. The van der Waals surface area contributed by atoms with Gasteiger partial charge in [0.15, 0.2) is 11.6 Å². The Morgan fingerprint density at radius 2 is 2.04 bits per heavy atom. The number of aromatic nitrogens is 2. The first-order chi connectivity index (χ1) is 12.0. The van der Waals surface area contributed by atoms with Gasteiger partial charge in [-0.1, -0.05) is 23.7 Å². The summed E-state index contributed by atoms with van der Waals surface area (Å²) in [4.78, 5) is 4.04. The molecule has 0 spiro atoms. The molecule has 5 nitrogen and oxygen atoms in total. The molecule has 0 aliphatic heterocycles. The maximum absolute atomic E-state index is 14.2. The highest BCUT2D eigenvalue weighted by Gasteiger charge is 2.05. The van der Waals surface area contributed by atoms with Crippen molar-refractivity contribution in [1.82, 2.24) is 9.66 Å². The zero-order valence-electron chi connectivity index (χ0n) is 13.5. The number of anilines is 1. The molecule has 1 heterocycles. The highest BCUT2D eigenvalue weighted by molar-refractivity contribution is 6.30. The van der Waals surface area contributed by atoms with Crippen LogP contribution in [0.1, 0.15) is 16.8 Å². The van der Waals surface area contributed by atoms with E-state index in [1.165, 1.54) is 17.0 Å². The van der Waals surface area contributed by atoms with E-state index in [0.717, 1.165) is 11.3 Å². The normalized spacial score (nSPS) is 11.2. The van der Waals surface area contributed by atoms with Crippen LogP contribution >= 0.6 is 11.6 Å². The van der Waals surface area contributed by atoms with Gasteiger partial charge in [-0.25, -0.2) is 14.1 Å². The third-order valence-corrected chi connectivity index (χ3v) is 3.68. The summed E-state index contributed by atoms with van der Waals surface area (Å²) in [5.41, 5.74) is 7.94. The van der Waals surface area contributed by atoms with Crippen LogP contribution in [0.4, 0.5) is 10.3 Å². The molecule has 25 heavy (non-hydrogen) atoms. The van der Waals surface area contributed by atoms with E-state index in [4.69, 9.17) is 22.1 Å². The van der Waals surface area contributed by atoms with Gasteiger partial charge in [0.05, 0.1) is 18.1 Å². The lowest BCUT2D eigenvalue weighted by molar-refractivity contribution is 0.290. The van der Waals surface area contributed by atoms with Crippen LogP contribution in [0.25, 0.3) is 0 Å². The van der Waals surface area contributed by atoms with Crippen molar-refractivity contribution in [2.24, 2.45) is 5.10 Å². The fraction of sp³-hybridized carbons (Fsp3) is 0.111. The average molecular weight is 359 g/mol. The van der Waals surface area contributed by atoms with Gasteiger partial charge in [-0.3, -0.25) is 0 Å². The Balaban J connectivity index is 1.68. The number of ether oxygens (including phenoxy) is 1. The number of benzene rings is 2. The summed E-state index contributed by atoms with van der Waals surface area (Å²) < 4.78 is 21.1. The van der Waals surface area contributed by atoms with Crippen molar-refractivity contribution in [1.29, 1.82) is 0 Å². The van der Waals surface area contributed by atoms with Gasteiger partial charge in [-0.15, -0.1) is 0 Å². The summed E-state index contributed by atoms with van der Waals surface area (Å²) >= 11 is 5.83. The van der Waals surface area contributed by atoms with Gasteiger partial charge in [0.1, 0.15) is 6.61 Å². The molecule has 0 aliphatic carbocycles. The van der Waals surface area contributed by atoms with Crippen molar-refractivity contribution >= 4 is 23.8 Å². The molecule has 128 valence electrons. The first kappa shape index (κ1) is 17.0. The molecular weight excluding hydrogens is 343 g/mol. The lowest BCUT2D eigenvalue weighted by Crippen LogP contribution is -1.99. The lowest BCUT2D eigenvalue weighted by Gasteiger charge is -2.08. The molecule has 1 aromatic heterocycles. The number of hydrogen-bond donors (Lipinski definition) is 1. The Bertz CT molecular complexity index is 906. The third kappa shape index (κ3) is 4.36. The summed E-state index contributed by atoms with van der Waals surface area (Å²) in [7, 11) is 0. The minimum atomic E-state index is -0.465. The number of nitrogens with two attached hydrogens (primary N) is 1. The van der Waals surface area contributed by atoms with Crippen molar-refractivity contribution < 1.29 is 9.13 Å². The average Bonchev–Trinajstić information content (AvgIpc) is 2.91. The van der Waals surface area contributed by atoms with Gasteiger partial charge in [0.2, 0.25) is 5.95 Å². The van der Waals surface area contributed by atoms with E-state index >= 15 is 0 Å². The van der Waals surface area contributed by atoms with Crippen molar-refractivity contribution in [3.05, 3.63) is 76.3 Å². The molecule has 0 atom stereocenters. The number of halogens is 2. The minimum Gasteiger partial charge on any atom is -0.486 e. The summed E-state index contributed by atoms with van der Waals surface area (Å²) in [5.74, 6) is -0.0186. The van der Waals surface area contributed by atoms with Crippen molar-refractivity contribution in [2.75, 3.05) is 5.73 Å². The van der Waals surface area contributed by atoms with Crippen LogP contribution in [0, 0.1) is 12.7 Å². The Morgan fingerprint density at radius 3 is 2.68 bits per heavy atom. The summed E-state index contributed by atoms with van der Waals surface area (Å²) in [6, 6.07) is 11.8. The second-order valence-electron chi connectivity index (χ2n) is 5.43. The molecule has 0 saturated heterocycles. The van der Waals surface area contributed by atoms with Crippen LogP contribution in [0.5, 0.6) is 5.75 Å². The Hall–Kier alpha value is -2.86. The SMILES string of the molecule is Cc1cn(N=Cc2ccc(OCc3ccc(Cl)cc3)c(F)c2)c(N)n1. The molecule has 0 bridgehead atoms. The molecule has 7 heteroatoms. The molecule has 0 fully saturated rings.